The normalized spacial score (nSPS) is 26.9. The van der Waals surface area contributed by atoms with Crippen molar-refractivity contribution >= 4 is 0 Å². The van der Waals surface area contributed by atoms with Gasteiger partial charge < -0.3 is 5.11 Å². The van der Waals surface area contributed by atoms with Crippen molar-refractivity contribution in [3.8, 4) is 0 Å². The van der Waals surface area contributed by atoms with Gasteiger partial charge in [0.05, 0.1) is 5.60 Å². The maximum absolute atomic E-state index is 14.1. The third kappa shape index (κ3) is 2.69. The van der Waals surface area contributed by atoms with E-state index in [1.54, 1.807) is 12.1 Å². The summed E-state index contributed by atoms with van der Waals surface area (Å²) in [6.45, 7) is 4.15. The Morgan fingerprint density at radius 2 is 1.89 bits per heavy atom. The molecule has 0 amide bonds. The molecule has 1 nitrogen and oxygen atoms in total. The van der Waals surface area contributed by atoms with Crippen molar-refractivity contribution in [2.45, 2.75) is 58.0 Å². The molecular formula is C17H25FO. The van der Waals surface area contributed by atoms with Gasteiger partial charge in [-0.3, -0.25) is 0 Å². The number of rotatable bonds is 4. The SMILES string of the molecule is CCC1CCCCC1C(O)(CC)c1ccccc1F. The fraction of sp³-hybridized carbons (Fsp3) is 0.647. The lowest BCUT2D eigenvalue weighted by Gasteiger charge is -2.43. The van der Waals surface area contributed by atoms with Crippen LogP contribution < -0.4 is 0 Å². The molecule has 2 heteroatoms. The van der Waals surface area contributed by atoms with Gasteiger partial charge in [0.1, 0.15) is 5.82 Å². The minimum atomic E-state index is -1.01. The van der Waals surface area contributed by atoms with E-state index in [1.807, 2.05) is 13.0 Å². The largest absolute Gasteiger partial charge is 0.385 e. The van der Waals surface area contributed by atoms with Gasteiger partial charge in [0.2, 0.25) is 0 Å². The summed E-state index contributed by atoms with van der Waals surface area (Å²) in [6.07, 6.45) is 6.22. The molecule has 0 aromatic heterocycles. The molecule has 0 heterocycles. The number of halogens is 1. The molecule has 0 saturated heterocycles. The van der Waals surface area contributed by atoms with Gasteiger partial charge in [-0.1, -0.05) is 57.7 Å². The predicted octanol–water partition coefficient (Wildman–Crippen LogP) is 4.64. The van der Waals surface area contributed by atoms with E-state index in [9.17, 15) is 9.50 Å². The average molecular weight is 264 g/mol. The standard InChI is InChI=1S/C17H25FO/c1-3-13-9-5-6-10-14(13)17(19,4-2)15-11-7-8-12-16(15)18/h7-8,11-14,19H,3-6,9-10H2,1-2H3. The van der Waals surface area contributed by atoms with Crippen LogP contribution in [0.3, 0.4) is 0 Å². The molecule has 0 bridgehead atoms. The van der Waals surface area contributed by atoms with Crippen molar-refractivity contribution < 1.29 is 9.50 Å². The van der Waals surface area contributed by atoms with Crippen LogP contribution in [0.1, 0.15) is 57.9 Å². The van der Waals surface area contributed by atoms with Crippen molar-refractivity contribution in [1.82, 2.24) is 0 Å². The maximum Gasteiger partial charge on any atom is 0.129 e. The lowest BCUT2D eigenvalue weighted by Crippen LogP contribution is -2.41. The van der Waals surface area contributed by atoms with Crippen molar-refractivity contribution in [2.75, 3.05) is 0 Å². The summed E-state index contributed by atoms with van der Waals surface area (Å²) < 4.78 is 14.1. The van der Waals surface area contributed by atoms with Crippen LogP contribution in [0.4, 0.5) is 4.39 Å². The minimum absolute atomic E-state index is 0.188. The molecule has 1 aliphatic carbocycles. The summed E-state index contributed by atoms with van der Waals surface area (Å²) in [5.41, 5.74) is -0.519. The minimum Gasteiger partial charge on any atom is -0.385 e. The van der Waals surface area contributed by atoms with Crippen molar-refractivity contribution in [3.05, 3.63) is 35.6 Å². The van der Waals surface area contributed by atoms with Crippen molar-refractivity contribution in [1.29, 1.82) is 0 Å². The van der Waals surface area contributed by atoms with Crippen LogP contribution in [0.15, 0.2) is 24.3 Å². The fourth-order valence-electron chi connectivity index (χ4n) is 3.79. The Morgan fingerprint density at radius 3 is 2.53 bits per heavy atom. The Hall–Kier alpha value is -0.890. The number of hydrogen-bond acceptors (Lipinski definition) is 1. The molecule has 1 aromatic carbocycles. The lowest BCUT2D eigenvalue weighted by atomic mass is 9.66. The number of hydrogen-bond donors (Lipinski definition) is 1. The summed E-state index contributed by atoms with van der Waals surface area (Å²) in [7, 11) is 0. The van der Waals surface area contributed by atoms with E-state index in [-0.39, 0.29) is 11.7 Å². The van der Waals surface area contributed by atoms with Gasteiger partial charge in [-0.25, -0.2) is 4.39 Å². The molecule has 1 aromatic rings. The summed E-state index contributed by atoms with van der Waals surface area (Å²) in [6, 6.07) is 6.72. The molecule has 1 aliphatic rings. The van der Waals surface area contributed by atoms with Crippen molar-refractivity contribution in [2.24, 2.45) is 11.8 Å². The first-order chi connectivity index (χ1) is 9.13. The summed E-state index contributed by atoms with van der Waals surface area (Å²) >= 11 is 0. The van der Waals surface area contributed by atoms with E-state index in [4.69, 9.17) is 0 Å². The molecule has 0 aliphatic heterocycles. The second kappa shape index (κ2) is 6.04. The summed E-state index contributed by atoms with van der Waals surface area (Å²) in [5.74, 6) is 0.429. The van der Waals surface area contributed by atoms with Gasteiger partial charge in [0, 0.05) is 5.56 Å². The van der Waals surface area contributed by atoms with E-state index in [2.05, 4.69) is 6.92 Å². The van der Waals surface area contributed by atoms with E-state index in [1.165, 1.54) is 12.5 Å². The van der Waals surface area contributed by atoms with E-state index in [0.29, 0.717) is 17.9 Å². The smallest absolute Gasteiger partial charge is 0.129 e. The highest BCUT2D eigenvalue weighted by atomic mass is 19.1. The highest BCUT2D eigenvalue weighted by Gasteiger charge is 2.43. The fourth-order valence-corrected chi connectivity index (χ4v) is 3.79. The molecule has 106 valence electrons. The van der Waals surface area contributed by atoms with Crippen molar-refractivity contribution in [3.63, 3.8) is 0 Å². The van der Waals surface area contributed by atoms with Crippen LogP contribution in [0.5, 0.6) is 0 Å². The van der Waals surface area contributed by atoms with E-state index in [0.717, 1.165) is 25.7 Å². The van der Waals surface area contributed by atoms with Gasteiger partial charge in [-0.2, -0.15) is 0 Å². The molecule has 0 radical (unpaired) electrons. The summed E-state index contributed by atoms with van der Waals surface area (Å²) in [4.78, 5) is 0. The Bertz CT molecular complexity index is 417. The Labute approximate surface area is 115 Å². The predicted molar refractivity (Wildman–Crippen MR) is 76.3 cm³/mol. The molecule has 1 fully saturated rings. The topological polar surface area (TPSA) is 20.2 Å². The highest BCUT2D eigenvalue weighted by Crippen LogP contribution is 2.46. The van der Waals surface area contributed by atoms with Crippen LogP contribution in [0.25, 0.3) is 0 Å². The first kappa shape index (κ1) is 14.5. The molecule has 19 heavy (non-hydrogen) atoms. The Balaban J connectivity index is 2.38. The maximum atomic E-state index is 14.1. The molecule has 0 spiro atoms. The van der Waals surface area contributed by atoms with Crippen LogP contribution in [-0.4, -0.2) is 5.11 Å². The van der Waals surface area contributed by atoms with Crippen LogP contribution in [0.2, 0.25) is 0 Å². The molecule has 2 rings (SSSR count). The highest BCUT2D eigenvalue weighted by molar-refractivity contribution is 5.25. The summed E-state index contributed by atoms with van der Waals surface area (Å²) in [5, 5.41) is 11.2. The molecular weight excluding hydrogens is 239 g/mol. The zero-order valence-corrected chi connectivity index (χ0v) is 12.0. The first-order valence-corrected chi connectivity index (χ1v) is 7.60. The Kier molecular flexibility index (Phi) is 4.62. The van der Waals surface area contributed by atoms with Gasteiger partial charge >= 0.3 is 0 Å². The Morgan fingerprint density at radius 1 is 1.21 bits per heavy atom. The molecule has 1 N–H and O–H groups in total. The van der Waals surface area contributed by atoms with Crippen LogP contribution in [-0.2, 0) is 5.60 Å². The molecule has 3 unspecified atom stereocenters. The zero-order chi connectivity index (χ0) is 13.9. The number of benzene rings is 1. The van der Waals surface area contributed by atoms with Crippen LogP contribution >= 0.6 is 0 Å². The zero-order valence-electron chi connectivity index (χ0n) is 12.0. The molecule has 3 atom stereocenters. The monoisotopic (exact) mass is 264 g/mol. The molecule has 1 saturated carbocycles. The third-order valence-corrected chi connectivity index (χ3v) is 4.93. The van der Waals surface area contributed by atoms with Crippen LogP contribution in [0, 0.1) is 17.7 Å². The van der Waals surface area contributed by atoms with E-state index >= 15 is 0 Å². The third-order valence-electron chi connectivity index (χ3n) is 4.93. The van der Waals surface area contributed by atoms with Gasteiger partial charge in [-0.15, -0.1) is 0 Å². The van der Waals surface area contributed by atoms with Gasteiger partial charge in [0.15, 0.2) is 0 Å². The van der Waals surface area contributed by atoms with Gasteiger partial charge in [0.25, 0.3) is 0 Å². The second-order valence-electron chi connectivity index (χ2n) is 5.82. The quantitative estimate of drug-likeness (QED) is 0.840. The average Bonchev–Trinajstić information content (AvgIpc) is 2.47. The first-order valence-electron chi connectivity index (χ1n) is 7.60. The number of aliphatic hydroxyl groups is 1. The lowest BCUT2D eigenvalue weighted by molar-refractivity contribution is -0.0696. The van der Waals surface area contributed by atoms with Gasteiger partial charge in [-0.05, 0) is 30.7 Å². The van der Waals surface area contributed by atoms with E-state index < -0.39 is 5.60 Å². The second-order valence-corrected chi connectivity index (χ2v) is 5.82.